The minimum atomic E-state index is -0.534. The van der Waals surface area contributed by atoms with Crippen molar-refractivity contribution in [3.05, 3.63) is 57.4 Å². The van der Waals surface area contributed by atoms with E-state index >= 15 is 0 Å². The maximum absolute atomic E-state index is 12.4. The van der Waals surface area contributed by atoms with Crippen molar-refractivity contribution in [1.82, 2.24) is 9.13 Å². The predicted octanol–water partition coefficient (Wildman–Crippen LogP) is 1.82. The third kappa shape index (κ3) is 3.59. The summed E-state index contributed by atoms with van der Waals surface area (Å²) in [5, 5.41) is 0. The van der Waals surface area contributed by atoms with Crippen molar-refractivity contribution in [1.29, 1.82) is 0 Å². The number of rotatable bonds is 5. The zero-order chi connectivity index (χ0) is 16.9. The largest absolute Gasteiger partial charge is 0.494 e. The lowest BCUT2D eigenvalue weighted by Crippen LogP contribution is -2.41. The summed E-state index contributed by atoms with van der Waals surface area (Å²) in [5.41, 5.74) is -0.370. The van der Waals surface area contributed by atoms with Crippen molar-refractivity contribution in [3.63, 3.8) is 0 Å². The van der Waals surface area contributed by atoms with Crippen LogP contribution in [0.25, 0.3) is 5.69 Å². The van der Waals surface area contributed by atoms with Crippen LogP contribution < -0.4 is 15.9 Å². The molecule has 3 rings (SSSR count). The molecule has 6 heteroatoms. The Morgan fingerprint density at radius 2 is 1.79 bits per heavy atom. The molecule has 0 amide bonds. The van der Waals surface area contributed by atoms with Gasteiger partial charge in [-0.1, -0.05) is 0 Å². The quantitative estimate of drug-likeness (QED) is 0.785. The third-order valence-corrected chi connectivity index (χ3v) is 4.28. The van der Waals surface area contributed by atoms with Crippen molar-refractivity contribution in [2.45, 2.75) is 26.3 Å². The van der Waals surface area contributed by atoms with Crippen LogP contribution in [0.3, 0.4) is 0 Å². The molecule has 128 valence electrons. The molecule has 1 fully saturated rings. The molecule has 0 saturated carbocycles. The van der Waals surface area contributed by atoms with Gasteiger partial charge in [-0.05, 0) is 49.9 Å². The first kappa shape index (κ1) is 16.5. The number of nitrogens with zero attached hydrogens (tertiary/aromatic N) is 2. The standard InChI is InChI=1S/C18H22N2O4/c1-2-24-16-5-3-15(4-6-16)20-10-9-19(17(21)18(20)22)13-14-7-11-23-12-8-14/h3-6,9-10,14H,2,7-8,11-13H2,1H3. The Morgan fingerprint density at radius 3 is 2.46 bits per heavy atom. The van der Waals surface area contributed by atoms with Crippen LogP contribution in [0.5, 0.6) is 5.75 Å². The van der Waals surface area contributed by atoms with E-state index in [-0.39, 0.29) is 0 Å². The Balaban J connectivity index is 1.84. The second kappa shape index (κ2) is 7.49. The monoisotopic (exact) mass is 330 g/mol. The molecule has 1 aromatic carbocycles. The van der Waals surface area contributed by atoms with E-state index in [0.29, 0.717) is 24.8 Å². The van der Waals surface area contributed by atoms with E-state index in [1.807, 2.05) is 6.92 Å². The molecule has 0 spiro atoms. The normalized spacial score (nSPS) is 15.4. The highest BCUT2D eigenvalue weighted by molar-refractivity contribution is 5.37. The van der Waals surface area contributed by atoms with E-state index in [1.165, 1.54) is 9.13 Å². The van der Waals surface area contributed by atoms with Gasteiger partial charge in [0.25, 0.3) is 0 Å². The van der Waals surface area contributed by atoms with Crippen molar-refractivity contribution in [2.75, 3.05) is 19.8 Å². The van der Waals surface area contributed by atoms with Crippen LogP contribution in [0.2, 0.25) is 0 Å². The molecule has 0 unspecified atom stereocenters. The van der Waals surface area contributed by atoms with Gasteiger partial charge in [-0.2, -0.15) is 0 Å². The topological polar surface area (TPSA) is 62.5 Å². The minimum absolute atomic E-state index is 0.386. The molecule has 24 heavy (non-hydrogen) atoms. The van der Waals surface area contributed by atoms with Crippen molar-refractivity contribution in [2.24, 2.45) is 5.92 Å². The lowest BCUT2D eigenvalue weighted by atomic mass is 10.0. The Labute approximate surface area is 140 Å². The van der Waals surface area contributed by atoms with Crippen molar-refractivity contribution >= 4 is 0 Å². The van der Waals surface area contributed by atoms with Crippen LogP contribution in [0, 0.1) is 5.92 Å². The third-order valence-electron chi connectivity index (χ3n) is 4.28. The Hall–Kier alpha value is -2.34. The zero-order valence-corrected chi connectivity index (χ0v) is 13.8. The molecule has 2 heterocycles. The second-order valence-corrected chi connectivity index (χ2v) is 5.91. The number of benzene rings is 1. The summed E-state index contributed by atoms with van der Waals surface area (Å²) in [6.45, 7) is 4.52. The molecule has 1 saturated heterocycles. The van der Waals surface area contributed by atoms with Gasteiger partial charge in [0.05, 0.1) is 6.61 Å². The highest BCUT2D eigenvalue weighted by Gasteiger charge is 2.16. The van der Waals surface area contributed by atoms with Crippen LogP contribution >= 0.6 is 0 Å². The van der Waals surface area contributed by atoms with E-state index < -0.39 is 11.1 Å². The highest BCUT2D eigenvalue weighted by atomic mass is 16.5. The summed E-state index contributed by atoms with van der Waals surface area (Å²) in [6, 6.07) is 7.13. The SMILES string of the molecule is CCOc1ccc(-n2ccn(CC3CCOCC3)c(=O)c2=O)cc1. The van der Waals surface area contributed by atoms with Gasteiger partial charge in [-0.15, -0.1) is 0 Å². The van der Waals surface area contributed by atoms with Gasteiger partial charge >= 0.3 is 11.1 Å². The van der Waals surface area contributed by atoms with Gasteiger partial charge < -0.3 is 14.0 Å². The summed E-state index contributed by atoms with van der Waals surface area (Å²) in [4.78, 5) is 24.8. The van der Waals surface area contributed by atoms with Crippen LogP contribution in [0.1, 0.15) is 19.8 Å². The van der Waals surface area contributed by atoms with Crippen molar-refractivity contribution < 1.29 is 9.47 Å². The molecule has 0 radical (unpaired) electrons. The van der Waals surface area contributed by atoms with E-state index in [0.717, 1.165) is 31.8 Å². The molecule has 0 atom stereocenters. The summed E-state index contributed by atoms with van der Waals surface area (Å²) in [7, 11) is 0. The molecule has 0 N–H and O–H groups in total. The van der Waals surface area contributed by atoms with Crippen molar-refractivity contribution in [3.8, 4) is 11.4 Å². The molecule has 0 bridgehead atoms. The van der Waals surface area contributed by atoms with E-state index in [2.05, 4.69) is 0 Å². The highest BCUT2D eigenvalue weighted by Crippen LogP contribution is 2.16. The van der Waals surface area contributed by atoms with Crippen LogP contribution in [0.15, 0.2) is 46.2 Å². The molecular formula is C18H22N2O4. The first-order chi connectivity index (χ1) is 11.7. The molecular weight excluding hydrogens is 308 g/mol. The number of hydrogen-bond acceptors (Lipinski definition) is 4. The molecule has 1 aromatic heterocycles. The van der Waals surface area contributed by atoms with Gasteiger partial charge in [0, 0.05) is 37.8 Å². The summed E-state index contributed by atoms with van der Waals surface area (Å²) < 4.78 is 13.6. The minimum Gasteiger partial charge on any atom is -0.494 e. The fourth-order valence-corrected chi connectivity index (χ4v) is 2.93. The molecule has 0 aliphatic carbocycles. The van der Waals surface area contributed by atoms with Gasteiger partial charge in [-0.25, -0.2) is 0 Å². The molecule has 2 aromatic rings. The second-order valence-electron chi connectivity index (χ2n) is 5.91. The molecule has 1 aliphatic heterocycles. The number of aromatic nitrogens is 2. The molecule has 6 nitrogen and oxygen atoms in total. The molecule has 1 aliphatic rings. The summed E-state index contributed by atoms with van der Waals surface area (Å²) in [5.74, 6) is 1.12. The lowest BCUT2D eigenvalue weighted by Gasteiger charge is -2.22. The maximum Gasteiger partial charge on any atom is 0.320 e. The number of ether oxygens (including phenoxy) is 2. The van der Waals surface area contributed by atoms with Gasteiger partial charge in [-0.3, -0.25) is 14.2 Å². The first-order valence-corrected chi connectivity index (χ1v) is 8.32. The smallest absolute Gasteiger partial charge is 0.320 e. The van der Waals surface area contributed by atoms with Gasteiger partial charge in [0.15, 0.2) is 0 Å². The Kier molecular flexibility index (Phi) is 5.15. The lowest BCUT2D eigenvalue weighted by molar-refractivity contribution is 0.0609. The fraction of sp³-hybridized carbons (Fsp3) is 0.444. The maximum atomic E-state index is 12.4. The summed E-state index contributed by atoms with van der Waals surface area (Å²) >= 11 is 0. The predicted molar refractivity (Wildman–Crippen MR) is 91.0 cm³/mol. The Morgan fingerprint density at radius 1 is 1.08 bits per heavy atom. The van der Waals surface area contributed by atoms with Crippen LogP contribution in [0.4, 0.5) is 0 Å². The number of hydrogen-bond donors (Lipinski definition) is 0. The van der Waals surface area contributed by atoms with Gasteiger partial charge in [0.1, 0.15) is 5.75 Å². The zero-order valence-electron chi connectivity index (χ0n) is 13.8. The average molecular weight is 330 g/mol. The first-order valence-electron chi connectivity index (χ1n) is 8.32. The van der Waals surface area contributed by atoms with E-state index in [9.17, 15) is 9.59 Å². The Bertz CT molecular complexity index is 786. The average Bonchev–Trinajstić information content (AvgIpc) is 2.61. The summed E-state index contributed by atoms with van der Waals surface area (Å²) in [6.07, 6.45) is 5.19. The van der Waals surface area contributed by atoms with Crippen LogP contribution in [-0.4, -0.2) is 29.0 Å². The van der Waals surface area contributed by atoms with Gasteiger partial charge in [0.2, 0.25) is 0 Å². The van der Waals surface area contributed by atoms with E-state index in [1.54, 1.807) is 36.7 Å². The van der Waals surface area contributed by atoms with E-state index in [4.69, 9.17) is 9.47 Å². The van der Waals surface area contributed by atoms with Crippen LogP contribution in [-0.2, 0) is 11.3 Å². The fourth-order valence-electron chi connectivity index (χ4n) is 2.93.